The number of hydrogen-bond acceptors (Lipinski definition) is 7. The molecule has 3 N–H and O–H groups in total. The molecule has 1 amide bonds. The average molecular weight is 525 g/mol. The zero-order valence-electron chi connectivity index (χ0n) is 21.2. The third kappa shape index (κ3) is 5.56. The number of amides is 1. The number of benzene rings is 3. The third-order valence-electron chi connectivity index (χ3n) is 6.53. The largest absolute Gasteiger partial charge is 0.497 e. The Kier molecular flexibility index (Phi) is 7.72. The molecule has 0 aliphatic carbocycles. The first-order valence-electron chi connectivity index (χ1n) is 12.3. The number of carbonyl (C=O) groups excluding carboxylic acids is 2. The van der Waals surface area contributed by atoms with Crippen molar-refractivity contribution in [3.05, 3.63) is 107 Å². The van der Waals surface area contributed by atoms with Gasteiger partial charge in [-0.1, -0.05) is 54.2 Å². The maximum atomic E-state index is 13.6. The van der Waals surface area contributed by atoms with Crippen molar-refractivity contribution in [3.8, 4) is 5.75 Å². The summed E-state index contributed by atoms with van der Waals surface area (Å²) in [5.74, 6) is 0.0502. The molecule has 38 heavy (non-hydrogen) atoms. The molecule has 0 radical (unpaired) electrons. The minimum atomic E-state index is -0.499. The highest BCUT2D eigenvalue weighted by Crippen LogP contribution is 2.34. The van der Waals surface area contributed by atoms with Gasteiger partial charge in [-0.25, -0.2) is 5.43 Å². The number of aromatic nitrogens is 1. The molecular formula is C30H28N4O3S. The number of ketones is 1. The van der Waals surface area contributed by atoms with E-state index in [-0.39, 0.29) is 18.2 Å². The topological polar surface area (TPSA) is 92.3 Å². The van der Waals surface area contributed by atoms with Gasteiger partial charge in [0.15, 0.2) is 5.78 Å². The van der Waals surface area contributed by atoms with Crippen LogP contribution in [0.3, 0.4) is 0 Å². The Bertz CT molecular complexity index is 1500. The van der Waals surface area contributed by atoms with Gasteiger partial charge in [0, 0.05) is 51.8 Å². The van der Waals surface area contributed by atoms with Crippen molar-refractivity contribution >= 4 is 34.4 Å². The zero-order chi connectivity index (χ0) is 26.5. The molecule has 1 aliphatic heterocycles. The monoisotopic (exact) mass is 524 g/mol. The molecule has 1 aliphatic rings. The number of hydrazine groups is 1. The summed E-state index contributed by atoms with van der Waals surface area (Å²) in [5.41, 5.74) is 9.66. The van der Waals surface area contributed by atoms with Crippen molar-refractivity contribution in [3.63, 3.8) is 0 Å². The van der Waals surface area contributed by atoms with E-state index in [9.17, 15) is 9.59 Å². The van der Waals surface area contributed by atoms with Crippen LogP contribution in [0.1, 0.15) is 28.8 Å². The molecule has 8 heteroatoms. The molecule has 0 saturated heterocycles. The van der Waals surface area contributed by atoms with Gasteiger partial charge in [-0.05, 0) is 42.8 Å². The van der Waals surface area contributed by atoms with Gasteiger partial charge in [0.2, 0.25) is 5.91 Å². The Hall–Kier alpha value is -4.14. The molecular weight excluding hydrogens is 496 g/mol. The van der Waals surface area contributed by atoms with Gasteiger partial charge in [-0.3, -0.25) is 14.6 Å². The van der Waals surface area contributed by atoms with E-state index in [0.29, 0.717) is 17.7 Å². The molecule has 0 fully saturated rings. The molecule has 192 valence electrons. The summed E-state index contributed by atoms with van der Waals surface area (Å²) in [5, 5.41) is 4.00. The van der Waals surface area contributed by atoms with Crippen molar-refractivity contribution in [2.75, 3.05) is 20.2 Å². The fourth-order valence-corrected chi connectivity index (χ4v) is 5.34. The van der Waals surface area contributed by atoms with Crippen LogP contribution < -0.4 is 20.9 Å². The number of nitrogens with zero attached hydrogens (tertiary/aromatic N) is 1. The van der Waals surface area contributed by atoms with Gasteiger partial charge in [0.25, 0.3) is 0 Å². The van der Waals surface area contributed by atoms with Crippen LogP contribution >= 0.6 is 11.8 Å². The molecule has 1 aromatic heterocycles. The van der Waals surface area contributed by atoms with Crippen LogP contribution in [0.5, 0.6) is 5.75 Å². The number of methoxy groups -OCH3 is 1. The number of Topliss-reactive ketones (excluding diaryl/α,β-unsaturated/α-hetero) is 1. The molecule has 3 aromatic carbocycles. The lowest BCUT2D eigenvalue weighted by atomic mass is 9.90. The van der Waals surface area contributed by atoms with Crippen LogP contribution in [0.15, 0.2) is 106 Å². The van der Waals surface area contributed by atoms with E-state index in [1.165, 1.54) is 0 Å². The van der Waals surface area contributed by atoms with Crippen molar-refractivity contribution in [2.45, 2.75) is 22.6 Å². The standard InChI is InChI=1S/C30H28N4O3S/c1-19-25(18-33-34-19)30(36)32-17-26(20-6-4-3-5-7-20)29(35)21-8-11-23(12-9-21)38-28-14-15-31-27-16-22(37-2)10-13-24(27)28/h3-16,26,33-34H,17-18H2,1-2H3,(H,32,36). The number of allylic oxidation sites excluding steroid dienone is 1. The Balaban J connectivity index is 1.34. The molecule has 4 aromatic rings. The molecule has 1 unspecified atom stereocenters. The second-order valence-corrected chi connectivity index (χ2v) is 10.1. The van der Waals surface area contributed by atoms with Crippen LogP contribution in [-0.4, -0.2) is 36.9 Å². The molecule has 7 nitrogen and oxygen atoms in total. The molecule has 0 bridgehead atoms. The predicted molar refractivity (Wildman–Crippen MR) is 149 cm³/mol. The lowest BCUT2D eigenvalue weighted by molar-refractivity contribution is -0.117. The van der Waals surface area contributed by atoms with E-state index < -0.39 is 5.92 Å². The lowest BCUT2D eigenvalue weighted by Crippen LogP contribution is -2.34. The van der Waals surface area contributed by atoms with E-state index in [1.807, 2.05) is 85.8 Å². The van der Waals surface area contributed by atoms with Crippen molar-refractivity contribution in [1.82, 2.24) is 21.2 Å². The quantitative estimate of drug-likeness (QED) is 0.269. The molecule has 0 saturated carbocycles. The Morgan fingerprint density at radius 3 is 2.55 bits per heavy atom. The van der Waals surface area contributed by atoms with E-state index in [4.69, 9.17) is 4.74 Å². The fraction of sp³-hybridized carbons (Fsp3) is 0.167. The number of fused-ring (bicyclic) bond motifs is 1. The summed E-state index contributed by atoms with van der Waals surface area (Å²) in [7, 11) is 1.64. The van der Waals surface area contributed by atoms with Gasteiger partial charge in [0.05, 0.1) is 24.1 Å². The summed E-state index contributed by atoms with van der Waals surface area (Å²) in [6, 6.07) is 25.0. The summed E-state index contributed by atoms with van der Waals surface area (Å²) >= 11 is 1.62. The minimum Gasteiger partial charge on any atom is -0.497 e. The van der Waals surface area contributed by atoms with E-state index in [1.54, 1.807) is 25.1 Å². The summed E-state index contributed by atoms with van der Waals surface area (Å²) in [6.07, 6.45) is 1.79. The molecule has 0 spiro atoms. The van der Waals surface area contributed by atoms with Gasteiger partial charge < -0.3 is 15.5 Å². The molecule has 2 heterocycles. The number of ether oxygens (including phenoxy) is 1. The highest BCUT2D eigenvalue weighted by atomic mass is 32.2. The second-order valence-electron chi connectivity index (χ2n) is 8.94. The SMILES string of the molecule is COc1ccc2c(Sc3ccc(C(=O)C(CNC(=O)C4=C(C)NNC4)c4ccccc4)cc3)ccnc2c1. The fourth-order valence-electron chi connectivity index (χ4n) is 4.41. The van der Waals surface area contributed by atoms with Gasteiger partial charge >= 0.3 is 0 Å². The Morgan fingerprint density at radius 2 is 1.84 bits per heavy atom. The molecule has 5 rings (SSSR count). The maximum absolute atomic E-state index is 13.6. The van der Waals surface area contributed by atoms with Crippen LogP contribution in [-0.2, 0) is 4.79 Å². The minimum absolute atomic E-state index is 0.0390. The van der Waals surface area contributed by atoms with Crippen LogP contribution in [0.2, 0.25) is 0 Å². The lowest BCUT2D eigenvalue weighted by Gasteiger charge is -2.18. The van der Waals surface area contributed by atoms with Crippen molar-refractivity contribution in [2.24, 2.45) is 0 Å². The summed E-state index contributed by atoms with van der Waals surface area (Å²) in [6.45, 7) is 2.50. The highest BCUT2D eigenvalue weighted by molar-refractivity contribution is 7.99. The zero-order valence-corrected chi connectivity index (χ0v) is 22.0. The normalized spacial score (nSPS) is 13.7. The maximum Gasteiger partial charge on any atom is 0.250 e. The first kappa shape index (κ1) is 25.5. The highest BCUT2D eigenvalue weighted by Gasteiger charge is 2.25. The van der Waals surface area contributed by atoms with E-state index >= 15 is 0 Å². The molecule has 1 atom stereocenters. The first-order chi connectivity index (χ1) is 18.5. The van der Waals surface area contributed by atoms with Gasteiger partial charge in [0.1, 0.15) is 5.75 Å². The van der Waals surface area contributed by atoms with E-state index in [2.05, 4.69) is 21.2 Å². The van der Waals surface area contributed by atoms with E-state index in [0.717, 1.165) is 37.7 Å². The number of carbonyl (C=O) groups is 2. The number of hydrogen-bond donors (Lipinski definition) is 3. The van der Waals surface area contributed by atoms with Crippen LogP contribution in [0, 0.1) is 0 Å². The summed E-state index contributed by atoms with van der Waals surface area (Å²) in [4.78, 5) is 32.9. The van der Waals surface area contributed by atoms with Gasteiger partial charge in [-0.2, -0.15) is 0 Å². The summed E-state index contributed by atoms with van der Waals surface area (Å²) < 4.78 is 5.32. The van der Waals surface area contributed by atoms with Crippen LogP contribution in [0.4, 0.5) is 0 Å². The Morgan fingerprint density at radius 1 is 1.05 bits per heavy atom. The number of rotatable bonds is 9. The Labute approximate surface area is 225 Å². The number of nitrogens with one attached hydrogen (secondary N) is 3. The van der Waals surface area contributed by atoms with Crippen molar-refractivity contribution < 1.29 is 14.3 Å². The van der Waals surface area contributed by atoms with Crippen LogP contribution in [0.25, 0.3) is 10.9 Å². The number of pyridine rings is 1. The smallest absolute Gasteiger partial charge is 0.250 e. The van der Waals surface area contributed by atoms with Gasteiger partial charge in [-0.15, -0.1) is 0 Å². The third-order valence-corrected chi connectivity index (χ3v) is 7.61. The van der Waals surface area contributed by atoms with Crippen molar-refractivity contribution in [1.29, 1.82) is 0 Å². The first-order valence-corrected chi connectivity index (χ1v) is 13.1. The second kappa shape index (κ2) is 11.5. The predicted octanol–water partition coefficient (Wildman–Crippen LogP) is 4.86. The average Bonchev–Trinajstić information content (AvgIpc) is 3.39.